The van der Waals surface area contributed by atoms with Crippen LogP contribution in [-0.2, 0) is 6.42 Å². The van der Waals surface area contributed by atoms with Crippen molar-refractivity contribution < 1.29 is 9.26 Å². The molecule has 1 aromatic rings. The van der Waals surface area contributed by atoms with Crippen molar-refractivity contribution in [2.24, 2.45) is 0 Å². The van der Waals surface area contributed by atoms with Gasteiger partial charge in [0.25, 0.3) is 0 Å². The Bertz CT molecular complexity index is 709. The van der Waals surface area contributed by atoms with Crippen LogP contribution in [-0.4, -0.2) is 30.6 Å². The maximum Gasteiger partial charge on any atom is 0.244 e. The van der Waals surface area contributed by atoms with Gasteiger partial charge in [-0.2, -0.15) is 0 Å². The smallest absolute Gasteiger partial charge is 0.244 e. The van der Waals surface area contributed by atoms with Crippen LogP contribution in [0.2, 0.25) is 0 Å². The van der Waals surface area contributed by atoms with Crippen molar-refractivity contribution in [3.05, 3.63) is 47.7 Å². The maximum atomic E-state index is 6.65. The molecular weight excluding hydrogens is 459 g/mol. The fourth-order valence-electron chi connectivity index (χ4n) is 3.83. The molecule has 0 amide bonds. The zero-order valence-electron chi connectivity index (χ0n) is 19.0. The molecule has 0 aliphatic heterocycles. The summed E-state index contributed by atoms with van der Waals surface area (Å²) in [6.45, 7) is 9.14. The predicted octanol–water partition coefficient (Wildman–Crippen LogP) is 7.31. The average Bonchev–Trinajstić information content (AvgIpc) is 2.71. The minimum atomic E-state index is -0.949. The molecule has 0 fully saturated rings. The molecule has 1 aliphatic rings. The van der Waals surface area contributed by atoms with E-state index in [0.29, 0.717) is 5.92 Å². The Labute approximate surface area is 193 Å². The second-order valence-corrected chi connectivity index (χ2v) is 10.7. The quantitative estimate of drug-likeness (QED) is 0.102. The fraction of sp³-hybridized carbons (Fsp3) is 0.583. The van der Waals surface area contributed by atoms with Gasteiger partial charge in [0.2, 0.25) is 8.45 Å². The Balaban J connectivity index is 2.48. The van der Waals surface area contributed by atoms with Gasteiger partial charge in [0, 0.05) is 23.4 Å². The Kier molecular flexibility index (Phi) is 11.4. The molecule has 6 heteroatoms. The second-order valence-electron chi connectivity index (χ2n) is 8.07. The Hall–Kier alpha value is -0.870. The van der Waals surface area contributed by atoms with Gasteiger partial charge in [0.1, 0.15) is 11.5 Å². The number of hydrogen-bond donors (Lipinski definition) is 1. The zero-order chi connectivity index (χ0) is 21.9. The third-order valence-corrected chi connectivity index (χ3v) is 7.26. The number of allylic oxidation sites excluding steroid dienone is 2. The first-order chi connectivity index (χ1) is 14.5. The van der Waals surface area contributed by atoms with Crippen LogP contribution in [0.4, 0.5) is 0 Å². The van der Waals surface area contributed by atoms with Gasteiger partial charge in [-0.05, 0) is 70.8 Å². The highest BCUT2D eigenvalue weighted by molar-refractivity contribution is 9.09. The van der Waals surface area contributed by atoms with Crippen LogP contribution in [0.15, 0.2) is 36.6 Å². The van der Waals surface area contributed by atoms with Crippen molar-refractivity contribution in [1.29, 1.82) is 0 Å². The van der Waals surface area contributed by atoms with Gasteiger partial charge in [0.15, 0.2) is 0 Å². The van der Waals surface area contributed by atoms with Gasteiger partial charge in [-0.15, -0.1) is 0 Å². The summed E-state index contributed by atoms with van der Waals surface area (Å²) in [6, 6.07) is 4.44. The Morgan fingerprint density at radius 2 is 2.07 bits per heavy atom. The molecule has 0 saturated carbocycles. The lowest BCUT2D eigenvalue weighted by Gasteiger charge is -2.29. The van der Waals surface area contributed by atoms with Crippen molar-refractivity contribution in [3.63, 3.8) is 0 Å². The highest BCUT2D eigenvalue weighted by atomic mass is 79.9. The van der Waals surface area contributed by atoms with E-state index in [4.69, 9.17) is 9.26 Å². The van der Waals surface area contributed by atoms with Crippen LogP contribution < -0.4 is 14.3 Å². The van der Waals surface area contributed by atoms with E-state index in [0.717, 1.165) is 41.8 Å². The Morgan fingerprint density at radius 1 is 1.30 bits per heavy atom. The lowest BCUT2D eigenvalue weighted by atomic mass is 9.84. The lowest BCUT2D eigenvalue weighted by Crippen LogP contribution is -2.23. The number of unbranched alkanes of at least 4 members (excludes halogenated alkanes) is 2. The third-order valence-electron chi connectivity index (χ3n) is 5.28. The highest BCUT2D eigenvalue weighted by Gasteiger charge is 2.26. The lowest BCUT2D eigenvalue weighted by molar-refractivity contribution is 0.454. The number of aryl methyl sites for hydroxylation is 1. The van der Waals surface area contributed by atoms with E-state index in [1.165, 1.54) is 49.5 Å². The normalized spacial score (nSPS) is 17.5. The number of rotatable bonds is 13. The minimum absolute atomic E-state index is 0.309. The molecule has 1 N–H and O–H groups in total. The first-order valence-corrected chi connectivity index (χ1v) is 13.4. The number of nitrogens with one attached hydrogen (secondary N) is 1. The van der Waals surface area contributed by atoms with Crippen LogP contribution in [0.3, 0.4) is 0 Å². The summed E-state index contributed by atoms with van der Waals surface area (Å²) in [7, 11) is 3.17. The number of ether oxygens (including phenoxy) is 1. The summed E-state index contributed by atoms with van der Waals surface area (Å²) < 4.78 is 14.7. The largest absolute Gasteiger partial charge is 0.465 e. The van der Waals surface area contributed by atoms with Gasteiger partial charge < -0.3 is 9.26 Å². The van der Waals surface area contributed by atoms with Crippen LogP contribution in [0, 0.1) is 0 Å². The van der Waals surface area contributed by atoms with E-state index < -0.39 is 8.45 Å². The first kappa shape index (κ1) is 25.4. The summed E-state index contributed by atoms with van der Waals surface area (Å²) in [6.07, 6.45) is 12.1. The minimum Gasteiger partial charge on any atom is -0.465 e. The number of halogens is 1. The summed E-state index contributed by atoms with van der Waals surface area (Å²) in [5.41, 5.74) is 3.87. The summed E-state index contributed by atoms with van der Waals surface area (Å²) in [5.74, 6) is 2.14. The monoisotopic (exact) mass is 496 g/mol. The number of alkyl halides is 1. The maximum absolute atomic E-state index is 6.65. The molecule has 2 atom stereocenters. The van der Waals surface area contributed by atoms with E-state index in [-0.39, 0.29) is 0 Å². The molecule has 1 aliphatic carbocycles. The van der Waals surface area contributed by atoms with E-state index >= 15 is 0 Å². The SMILES string of the molecule is C=COc1cc(CCCCC)cc(OP(NCCBr)N(C)C)c1C1C=C(C)CCC1. The van der Waals surface area contributed by atoms with Crippen molar-refractivity contribution in [2.75, 3.05) is 26.0 Å². The van der Waals surface area contributed by atoms with Gasteiger partial charge in [-0.3, -0.25) is 0 Å². The predicted molar refractivity (Wildman–Crippen MR) is 134 cm³/mol. The van der Waals surface area contributed by atoms with E-state index in [1.54, 1.807) is 0 Å². The summed E-state index contributed by atoms with van der Waals surface area (Å²) in [5, 5.41) is 4.42. The van der Waals surface area contributed by atoms with Crippen LogP contribution >= 0.6 is 24.4 Å². The van der Waals surface area contributed by atoms with Gasteiger partial charge in [-0.25, -0.2) is 9.76 Å². The average molecular weight is 497 g/mol. The topological polar surface area (TPSA) is 33.7 Å². The van der Waals surface area contributed by atoms with Crippen molar-refractivity contribution >= 4 is 24.4 Å². The number of benzene rings is 1. The van der Waals surface area contributed by atoms with Crippen LogP contribution in [0.25, 0.3) is 0 Å². The van der Waals surface area contributed by atoms with Crippen LogP contribution in [0.1, 0.15) is 69.4 Å². The molecule has 4 nitrogen and oxygen atoms in total. The van der Waals surface area contributed by atoms with Gasteiger partial charge in [0.05, 0.1) is 6.26 Å². The first-order valence-electron chi connectivity index (χ1n) is 11.1. The van der Waals surface area contributed by atoms with Gasteiger partial charge >= 0.3 is 0 Å². The van der Waals surface area contributed by atoms with Crippen LogP contribution in [0.5, 0.6) is 11.5 Å². The molecule has 168 valence electrons. The van der Waals surface area contributed by atoms with Gasteiger partial charge in [-0.1, -0.05) is 53.9 Å². The molecule has 30 heavy (non-hydrogen) atoms. The summed E-state index contributed by atoms with van der Waals surface area (Å²) in [4.78, 5) is 0. The fourth-order valence-corrected chi connectivity index (χ4v) is 5.49. The van der Waals surface area contributed by atoms with Crippen molar-refractivity contribution in [1.82, 2.24) is 9.76 Å². The molecule has 2 unspecified atom stereocenters. The molecule has 2 rings (SSSR count). The standard InChI is InChI=1S/C24H38BrN2O2P/c1-6-8-9-12-20-17-22(28-7-2)24(21-13-10-11-19(3)16-21)23(18-20)29-30(27(4)5)26-15-14-25/h7,16-18,21,26H,2,6,8-15H2,1,3-5H3. The highest BCUT2D eigenvalue weighted by Crippen LogP contribution is 2.47. The molecule has 0 heterocycles. The van der Waals surface area contributed by atoms with E-state index in [2.05, 4.69) is 78.4 Å². The molecule has 0 spiro atoms. The second kappa shape index (κ2) is 13.5. The molecule has 0 radical (unpaired) electrons. The third kappa shape index (κ3) is 7.67. The molecule has 0 saturated heterocycles. The molecular formula is C24H38BrN2O2P. The van der Waals surface area contributed by atoms with Crippen molar-refractivity contribution in [2.45, 2.75) is 64.7 Å². The van der Waals surface area contributed by atoms with E-state index in [9.17, 15) is 0 Å². The number of hydrogen-bond acceptors (Lipinski definition) is 4. The number of nitrogens with zero attached hydrogens (tertiary/aromatic N) is 1. The Morgan fingerprint density at radius 3 is 2.70 bits per heavy atom. The molecule has 1 aromatic carbocycles. The van der Waals surface area contributed by atoms with Crippen molar-refractivity contribution in [3.8, 4) is 11.5 Å². The molecule has 0 bridgehead atoms. The van der Waals surface area contributed by atoms with E-state index in [1.807, 2.05) is 0 Å². The zero-order valence-corrected chi connectivity index (χ0v) is 21.5. The summed E-state index contributed by atoms with van der Waals surface area (Å²) >= 11 is 3.51. The molecule has 0 aromatic heterocycles.